The lowest BCUT2D eigenvalue weighted by molar-refractivity contribution is -0.167. The molecule has 0 aliphatic rings. The van der Waals surface area contributed by atoms with Gasteiger partial charge in [-0.15, -0.1) is 0 Å². The highest BCUT2D eigenvalue weighted by Crippen LogP contribution is 2.56. The zero-order valence-corrected chi connectivity index (χ0v) is 18.9. The predicted molar refractivity (Wildman–Crippen MR) is 96.9 cm³/mol. The highest BCUT2D eigenvalue weighted by molar-refractivity contribution is 7.52. The molecule has 0 saturated heterocycles. The fourth-order valence-corrected chi connectivity index (χ4v) is 6.30. The van der Waals surface area contributed by atoms with Gasteiger partial charge in [0.25, 0.3) is 0 Å². The second kappa shape index (κ2) is 10.5. The molecule has 0 fully saturated rings. The van der Waals surface area contributed by atoms with Crippen LogP contribution in [0, 0.1) is 0 Å². The SMILES string of the molecule is CC(C)(C)OC(=O)NCCOP(=N[Si](C)(C)C)(OCC(F)(F)F)OCC(F)(F)F. The molecule has 0 aliphatic carbocycles. The van der Waals surface area contributed by atoms with E-state index in [1.165, 1.54) is 0 Å². The minimum Gasteiger partial charge on any atom is -0.444 e. The average Bonchev–Trinajstić information content (AvgIpc) is 2.42. The van der Waals surface area contributed by atoms with Crippen molar-refractivity contribution in [1.29, 1.82) is 0 Å². The number of carbonyl (C=O) groups is 1. The zero-order valence-electron chi connectivity index (χ0n) is 17.0. The molecule has 0 saturated carbocycles. The summed E-state index contributed by atoms with van der Waals surface area (Å²) in [5, 5.41) is 2.27. The van der Waals surface area contributed by atoms with Crippen LogP contribution in [0.1, 0.15) is 20.8 Å². The Morgan fingerprint density at radius 3 is 1.72 bits per heavy atom. The number of halogens is 6. The van der Waals surface area contributed by atoms with E-state index in [1.54, 1.807) is 40.4 Å². The summed E-state index contributed by atoms with van der Waals surface area (Å²) in [6.45, 7) is 4.97. The Bertz CT molecular complexity index is 565. The van der Waals surface area contributed by atoms with Crippen LogP contribution in [-0.2, 0) is 18.3 Å². The molecule has 15 heteroatoms. The van der Waals surface area contributed by atoms with Crippen LogP contribution in [0.4, 0.5) is 31.1 Å². The molecule has 1 amide bonds. The first-order valence-corrected chi connectivity index (χ1v) is 13.3. The molecule has 0 aliphatic heterocycles. The third kappa shape index (κ3) is 16.6. The predicted octanol–water partition coefficient (Wildman–Crippen LogP) is 5.47. The zero-order chi connectivity index (χ0) is 23.1. The van der Waals surface area contributed by atoms with Gasteiger partial charge in [0.1, 0.15) is 5.60 Å². The first-order chi connectivity index (χ1) is 12.7. The average molecular weight is 476 g/mol. The molecular weight excluding hydrogens is 449 g/mol. The van der Waals surface area contributed by atoms with Gasteiger partial charge in [-0.3, -0.25) is 13.5 Å². The number of alkyl carbamates (subject to hydrolysis) is 1. The van der Waals surface area contributed by atoms with Gasteiger partial charge in [0.15, 0.2) is 21.4 Å². The van der Waals surface area contributed by atoms with Crippen molar-refractivity contribution in [3.8, 4) is 0 Å². The molecule has 174 valence electrons. The number of ether oxygens (including phenoxy) is 1. The maximum Gasteiger partial charge on any atom is 0.412 e. The molecule has 0 aromatic heterocycles. The Morgan fingerprint density at radius 1 is 0.931 bits per heavy atom. The van der Waals surface area contributed by atoms with E-state index in [0.29, 0.717) is 0 Å². The summed E-state index contributed by atoms with van der Waals surface area (Å²) < 4.78 is 98.9. The number of rotatable bonds is 9. The van der Waals surface area contributed by atoms with Gasteiger partial charge >= 0.3 is 26.2 Å². The fraction of sp³-hybridized carbons (Fsp3) is 0.929. The first-order valence-electron chi connectivity index (χ1n) is 8.39. The summed E-state index contributed by atoms with van der Waals surface area (Å²) in [6.07, 6.45) is -10.5. The number of amides is 1. The molecule has 0 atom stereocenters. The third-order valence-electron chi connectivity index (χ3n) is 2.23. The van der Waals surface area contributed by atoms with E-state index >= 15 is 0 Å². The summed E-state index contributed by atoms with van der Waals surface area (Å²) in [5.41, 5.74) is -0.791. The Balaban J connectivity index is 5.36. The second-order valence-corrected chi connectivity index (χ2v) is 14.6. The number of carbonyl (C=O) groups excluding carboxylic acids is 1. The van der Waals surface area contributed by atoms with Gasteiger partial charge in [0.2, 0.25) is 0 Å². The standard InChI is InChI=1S/C14H27F6N2O5PSi/c1-12(2,3)27-11(23)21-7-8-24-28(22-29(4,5)6,25-9-13(15,16)17)26-10-14(18,19)20/h7-10H2,1-6H3,(H,21,23). The molecule has 29 heavy (non-hydrogen) atoms. The molecule has 0 rings (SSSR count). The van der Waals surface area contributed by atoms with Gasteiger partial charge in [0, 0.05) is 6.54 Å². The summed E-state index contributed by atoms with van der Waals surface area (Å²) in [6, 6.07) is 0. The van der Waals surface area contributed by atoms with E-state index < -0.39 is 59.8 Å². The molecule has 7 nitrogen and oxygen atoms in total. The van der Waals surface area contributed by atoms with Crippen LogP contribution in [0.3, 0.4) is 0 Å². The first kappa shape index (κ1) is 28.2. The number of alkyl halides is 6. The second-order valence-electron chi connectivity index (χ2n) is 7.78. The molecule has 0 heterocycles. The van der Waals surface area contributed by atoms with E-state index in [4.69, 9.17) is 9.26 Å². The van der Waals surface area contributed by atoms with Crippen molar-refractivity contribution < 1.29 is 49.4 Å². The monoisotopic (exact) mass is 476 g/mol. The van der Waals surface area contributed by atoms with Crippen LogP contribution >= 0.6 is 7.74 Å². The normalized spacial score (nSPS) is 13.9. The van der Waals surface area contributed by atoms with E-state index in [2.05, 4.69) is 18.8 Å². The maximum atomic E-state index is 12.6. The number of hydrogen-bond acceptors (Lipinski definition) is 6. The summed E-state index contributed by atoms with van der Waals surface area (Å²) >= 11 is 0. The van der Waals surface area contributed by atoms with E-state index in [0.717, 1.165) is 0 Å². The smallest absolute Gasteiger partial charge is 0.412 e. The molecule has 0 aromatic rings. The largest absolute Gasteiger partial charge is 0.444 e. The van der Waals surface area contributed by atoms with Gasteiger partial charge < -0.3 is 14.6 Å². The number of nitrogens with zero attached hydrogens (tertiary/aromatic N) is 1. The Kier molecular flexibility index (Phi) is 10.2. The molecular formula is C14H27F6N2O5PSi. The number of hydrogen-bond donors (Lipinski definition) is 1. The lowest BCUT2D eigenvalue weighted by Crippen LogP contribution is -2.34. The van der Waals surface area contributed by atoms with E-state index in [-0.39, 0.29) is 6.54 Å². The van der Waals surface area contributed by atoms with Crippen molar-refractivity contribution in [3.05, 3.63) is 0 Å². The Morgan fingerprint density at radius 2 is 1.38 bits per heavy atom. The maximum absolute atomic E-state index is 12.6. The molecule has 0 unspecified atom stereocenters. The summed E-state index contributed by atoms with van der Waals surface area (Å²) in [7, 11) is -7.00. The Labute approximate surface area is 166 Å². The summed E-state index contributed by atoms with van der Waals surface area (Å²) in [5.74, 6) is 0. The summed E-state index contributed by atoms with van der Waals surface area (Å²) in [4.78, 5) is 11.6. The van der Waals surface area contributed by atoms with Gasteiger partial charge in [-0.2, -0.15) is 26.3 Å². The highest BCUT2D eigenvalue weighted by Gasteiger charge is 2.39. The van der Waals surface area contributed by atoms with Crippen molar-refractivity contribution in [2.45, 2.75) is 58.4 Å². The lowest BCUT2D eigenvalue weighted by Gasteiger charge is -2.28. The third-order valence-corrected chi connectivity index (χ3v) is 7.03. The highest BCUT2D eigenvalue weighted by atomic mass is 31.2. The quantitative estimate of drug-likeness (QED) is 0.207. The molecule has 0 aromatic carbocycles. The van der Waals surface area contributed by atoms with Crippen LogP contribution < -0.4 is 5.32 Å². The topological polar surface area (TPSA) is 78.4 Å². The van der Waals surface area contributed by atoms with Crippen molar-refractivity contribution in [2.75, 3.05) is 26.4 Å². The molecule has 0 radical (unpaired) electrons. The van der Waals surface area contributed by atoms with Gasteiger partial charge in [-0.25, -0.2) is 4.79 Å². The molecule has 1 N–H and O–H groups in total. The van der Waals surface area contributed by atoms with Crippen LogP contribution in [0.2, 0.25) is 19.6 Å². The van der Waals surface area contributed by atoms with E-state index in [1.807, 2.05) is 0 Å². The minimum atomic E-state index is -4.83. The molecule has 0 bridgehead atoms. The van der Waals surface area contributed by atoms with Crippen LogP contribution in [-0.4, -0.2) is 58.6 Å². The van der Waals surface area contributed by atoms with Crippen LogP contribution in [0.5, 0.6) is 0 Å². The van der Waals surface area contributed by atoms with Crippen LogP contribution in [0.25, 0.3) is 0 Å². The van der Waals surface area contributed by atoms with Crippen molar-refractivity contribution in [1.82, 2.24) is 5.32 Å². The van der Waals surface area contributed by atoms with Crippen molar-refractivity contribution in [3.63, 3.8) is 0 Å². The van der Waals surface area contributed by atoms with Crippen molar-refractivity contribution in [2.24, 2.45) is 4.41 Å². The lowest BCUT2D eigenvalue weighted by atomic mass is 10.2. The van der Waals surface area contributed by atoms with E-state index in [9.17, 15) is 31.1 Å². The number of nitrogens with one attached hydrogen (secondary N) is 1. The van der Waals surface area contributed by atoms with Crippen molar-refractivity contribution >= 4 is 22.1 Å². The van der Waals surface area contributed by atoms with Crippen LogP contribution in [0.15, 0.2) is 4.41 Å². The minimum absolute atomic E-state index is 0.275. The fourth-order valence-electron chi connectivity index (χ4n) is 1.50. The van der Waals surface area contributed by atoms with Gasteiger partial charge in [0.05, 0.1) is 6.61 Å². The molecule has 0 spiro atoms. The van der Waals surface area contributed by atoms with Gasteiger partial charge in [-0.05, 0) is 40.4 Å². The van der Waals surface area contributed by atoms with Gasteiger partial charge in [-0.1, -0.05) is 0 Å². The Hall–Kier alpha value is -0.823.